The number of benzene rings is 1. The fraction of sp³-hybridized carbons (Fsp3) is 0.263. The Balaban J connectivity index is 1.68. The van der Waals surface area contributed by atoms with Gasteiger partial charge in [-0.2, -0.15) is 0 Å². The number of nitrogens with one attached hydrogen (secondary N) is 3. The highest BCUT2D eigenvalue weighted by atomic mass is 16.5. The third-order valence-corrected chi connectivity index (χ3v) is 3.62. The zero-order valence-corrected chi connectivity index (χ0v) is 15.9. The molecule has 0 unspecified atom stereocenters. The quantitative estimate of drug-likeness (QED) is 0.525. The molecule has 2 rings (SSSR count). The molecule has 0 bridgehead atoms. The Bertz CT molecular complexity index is 847. The van der Waals surface area contributed by atoms with Crippen LogP contribution in [0.3, 0.4) is 0 Å². The number of hydrogen-bond acceptors (Lipinski definition) is 7. The number of ether oxygens (including phenoxy) is 2. The van der Waals surface area contributed by atoms with Crippen LogP contribution in [-0.2, 0) is 19.1 Å². The van der Waals surface area contributed by atoms with E-state index in [1.54, 1.807) is 24.3 Å². The van der Waals surface area contributed by atoms with Gasteiger partial charge in [-0.1, -0.05) is 0 Å². The summed E-state index contributed by atoms with van der Waals surface area (Å²) in [5.74, 6) is -1.78. The van der Waals surface area contributed by atoms with Crippen molar-refractivity contribution in [1.82, 2.24) is 10.6 Å². The molecule has 0 aliphatic rings. The minimum Gasteiger partial charge on any atom is -0.497 e. The van der Waals surface area contributed by atoms with Gasteiger partial charge in [0.1, 0.15) is 12.3 Å². The number of amides is 3. The lowest BCUT2D eigenvalue weighted by atomic mass is 10.3. The van der Waals surface area contributed by atoms with Crippen LogP contribution in [0.25, 0.3) is 0 Å². The van der Waals surface area contributed by atoms with E-state index in [9.17, 15) is 19.2 Å². The first kappa shape index (κ1) is 21.5. The van der Waals surface area contributed by atoms with E-state index in [-0.39, 0.29) is 12.3 Å². The van der Waals surface area contributed by atoms with Crippen molar-refractivity contribution in [3.63, 3.8) is 0 Å². The summed E-state index contributed by atoms with van der Waals surface area (Å²) in [7, 11) is 1.53. The number of carbonyl (C=O) groups is 4. The lowest BCUT2D eigenvalue weighted by Crippen LogP contribution is -2.40. The Kier molecular flexibility index (Phi) is 7.78. The molecule has 10 heteroatoms. The van der Waals surface area contributed by atoms with Gasteiger partial charge in [0.25, 0.3) is 11.8 Å². The molecule has 3 N–H and O–H groups in total. The van der Waals surface area contributed by atoms with Crippen LogP contribution in [0.4, 0.5) is 5.69 Å². The van der Waals surface area contributed by atoms with Gasteiger partial charge in [0.05, 0.1) is 19.9 Å². The minimum absolute atomic E-state index is 0.0638. The zero-order valence-electron chi connectivity index (χ0n) is 15.9. The molecule has 0 saturated heterocycles. The maximum atomic E-state index is 12.1. The lowest BCUT2D eigenvalue weighted by Gasteiger charge is -2.14. The van der Waals surface area contributed by atoms with Gasteiger partial charge in [0.15, 0.2) is 11.9 Å². The largest absolute Gasteiger partial charge is 0.497 e. The number of methoxy groups -OCH3 is 1. The summed E-state index contributed by atoms with van der Waals surface area (Å²) >= 11 is 0. The normalized spacial score (nSPS) is 11.1. The number of hydrogen-bond donors (Lipinski definition) is 3. The summed E-state index contributed by atoms with van der Waals surface area (Å²) in [5, 5.41) is 7.21. The molecule has 1 aromatic heterocycles. The van der Waals surface area contributed by atoms with Crippen molar-refractivity contribution in [2.75, 3.05) is 25.5 Å². The van der Waals surface area contributed by atoms with E-state index in [0.29, 0.717) is 11.4 Å². The van der Waals surface area contributed by atoms with Crippen molar-refractivity contribution in [2.45, 2.75) is 13.0 Å². The number of anilines is 1. The van der Waals surface area contributed by atoms with Crippen LogP contribution in [0, 0.1) is 0 Å². The third-order valence-electron chi connectivity index (χ3n) is 3.62. The van der Waals surface area contributed by atoms with Crippen molar-refractivity contribution >= 4 is 29.4 Å². The van der Waals surface area contributed by atoms with E-state index >= 15 is 0 Å². The molecule has 0 fully saturated rings. The van der Waals surface area contributed by atoms with Crippen molar-refractivity contribution in [3.05, 3.63) is 48.4 Å². The predicted octanol–water partition coefficient (Wildman–Crippen LogP) is 0.705. The van der Waals surface area contributed by atoms with E-state index in [2.05, 4.69) is 16.0 Å². The van der Waals surface area contributed by atoms with Crippen molar-refractivity contribution in [1.29, 1.82) is 0 Å². The summed E-state index contributed by atoms with van der Waals surface area (Å²) in [4.78, 5) is 47.2. The second-order valence-corrected chi connectivity index (χ2v) is 5.79. The van der Waals surface area contributed by atoms with Crippen LogP contribution in [0.15, 0.2) is 47.1 Å². The number of furan rings is 1. The van der Waals surface area contributed by atoms with Gasteiger partial charge in [-0.3, -0.25) is 19.2 Å². The van der Waals surface area contributed by atoms with E-state index in [4.69, 9.17) is 13.9 Å². The topological polar surface area (TPSA) is 136 Å². The van der Waals surface area contributed by atoms with Gasteiger partial charge in [-0.25, -0.2) is 0 Å². The summed E-state index contributed by atoms with van der Waals surface area (Å²) < 4.78 is 14.9. The van der Waals surface area contributed by atoms with Crippen LogP contribution >= 0.6 is 0 Å². The SMILES string of the molecule is COc1ccc(NC(=O)[C@@H](C)OC(=O)CNC(=O)CNC(=O)c2ccco2)cc1. The van der Waals surface area contributed by atoms with Crippen LogP contribution in [0.1, 0.15) is 17.5 Å². The van der Waals surface area contributed by atoms with E-state index in [0.717, 1.165) is 0 Å². The summed E-state index contributed by atoms with van der Waals surface area (Å²) in [6, 6.07) is 9.62. The highest BCUT2D eigenvalue weighted by Crippen LogP contribution is 2.15. The minimum atomic E-state index is -1.07. The molecule has 0 aliphatic carbocycles. The van der Waals surface area contributed by atoms with Gasteiger partial charge < -0.3 is 29.8 Å². The average molecular weight is 403 g/mol. The molecule has 0 aliphatic heterocycles. The third kappa shape index (κ3) is 7.01. The van der Waals surface area contributed by atoms with Crippen molar-refractivity contribution in [3.8, 4) is 5.75 Å². The molecule has 154 valence electrons. The van der Waals surface area contributed by atoms with Crippen LogP contribution < -0.4 is 20.7 Å². The summed E-state index contributed by atoms with van der Waals surface area (Å²) in [6.45, 7) is 0.609. The molecule has 10 nitrogen and oxygen atoms in total. The first-order chi connectivity index (χ1) is 13.9. The van der Waals surface area contributed by atoms with Crippen LogP contribution in [0.2, 0.25) is 0 Å². The highest BCUT2D eigenvalue weighted by Gasteiger charge is 2.18. The Hall–Kier alpha value is -3.82. The second kappa shape index (κ2) is 10.5. The number of esters is 1. The van der Waals surface area contributed by atoms with Gasteiger partial charge in [-0.05, 0) is 43.3 Å². The fourth-order valence-corrected chi connectivity index (χ4v) is 2.10. The van der Waals surface area contributed by atoms with Crippen molar-refractivity contribution in [2.24, 2.45) is 0 Å². The molecule has 2 aromatic rings. The van der Waals surface area contributed by atoms with Gasteiger partial charge in [-0.15, -0.1) is 0 Å². The van der Waals surface area contributed by atoms with Gasteiger partial charge in [0, 0.05) is 5.69 Å². The summed E-state index contributed by atoms with van der Waals surface area (Å²) in [6.07, 6.45) is 0.261. The maximum Gasteiger partial charge on any atom is 0.326 e. The first-order valence-corrected chi connectivity index (χ1v) is 8.62. The zero-order chi connectivity index (χ0) is 21.2. The molecule has 1 atom stereocenters. The Morgan fingerprint density at radius 3 is 2.38 bits per heavy atom. The maximum absolute atomic E-state index is 12.1. The molecule has 1 aromatic carbocycles. The lowest BCUT2D eigenvalue weighted by molar-refractivity contribution is -0.152. The molecule has 29 heavy (non-hydrogen) atoms. The molecule has 1 heterocycles. The molecule has 0 saturated carbocycles. The van der Waals surface area contributed by atoms with E-state index < -0.39 is 36.3 Å². The van der Waals surface area contributed by atoms with Crippen LogP contribution in [0.5, 0.6) is 5.75 Å². The number of carbonyl (C=O) groups excluding carboxylic acids is 4. The summed E-state index contributed by atoms with van der Waals surface area (Å²) in [5.41, 5.74) is 0.513. The fourth-order valence-electron chi connectivity index (χ4n) is 2.10. The second-order valence-electron chi connectivity index (χ2n) is 5.79. The van der Waals surface area contributed by atoms with E-state index in [1.165, 1.54) is 32.4 Å². The average Bonchev–Trinajstić information content (AvgIpc) is 3.26. The van der Waals surface area contributed by atoms with Gasteiger partial charge in [0.2, 0.25) is 5.91 Å². The molecule has 3 amide bonds. The molecule has 0 radical (unpaired) electrons. The number of rotatable bonds is 9. The first-order valence-electron chi connectivity index (χ1n) is 8.62. The monoisotopic (exact) mass is 403 g/mol. The Labute approximate surface area is 166 Å². The highest BCUT2D eigenvalue weighted by molar-refractivity contribution is 5.96. The molecular formula is C19H21N3O7. The smallest absolute Gasteiger partial charge is 0.326 e. The van der Waals surface area contributed by atoms with E-state index in [1.807, 2.05) is 0 Å². The standard InChI is InChI=1S/C19H21N3O7/c1-12(18(25)22-13-5-7-14(27-2)8-6-13)29-17(24)11-20-16(23)10-21-19(26)15-4-3-9-28-15/h3-9,12H,10-11H2,1-2H3,(H,20,23)(H,21,26)(H,22,25)/t12-/m1/s1. The Morgan fingerprint density at radius 1 is 1.03 bits per heavy atom. The van der Waals surface area contributed by atoms with Crippen molar-refractivity contribution < 1.29 is 33.1 Å². The predicted molar refractivity (Wildman–Crippen MR) is 101 cm³/mol. The van der Waals surface area contributed by atoms with Crippen LogP contribution in [-0.4, -0.2) is 50.0 Å². The molecule has 0 spiro atoms. The van der Waals surface area contributed by atoms with Gasteiger partial charge >= 0.3 is 5.97 Å². The Morgan fingerprint density at radius 2 is 1.76 bits per heavy atom. The molecular weight excluding hydrogens is 382 g/mol.